The fraction of sp³-hybridized carbons (Fsp3) is 0.0408. The SMILES string of the molecule is C1=CCC2Sc3c(nc(-c4ccc(-c5cccc6c5oc5cc(-c7nc(-c8ccccc8)nc(-c8ccccc8)n7)ccc56)cc4)nc3-c3ccccc3)C2=C1. The Bertz CT molecular complexity index is 2960. The second-order valence-corrected chi connectivity index (χ2v) is 15.2. The molecule has 7 heteroatoms. The summed E-state index contributed by atoms with van der Waals surface area (Å²) >= 11 is 1.88. The lowest BCUT2D eigenvalue weighted by Crippen LogP contribution is -2.02. The topological polar surface area (TPSA) is 77.6 Å². The number of allylic oxidation sites excluding steroid dienone is 3. The predicted molar refractivity (Wildman–Crippen MR) is 227 cm³/mol. The van der Waals surface area contributed by atoms with Crippen LogP contribution in [0.3, 0.4) is 0 Å². The standard InChI is InChI=1S/C49H31N5OS/c1-4-13-31(14-5-1)42-45-43(39-19-10-11-22-41(39)56-45)51-46(50-42)34-25-23-30(24-26-34)36-20-12-21-38-37-28-27-35(29-40(37)55-44(36)38)49-53-47(32-15-6-2-7-16-32)52-48(54-49)33-17-8-3-9-18-33/h1-21,23-29,41H,22H2. The molecule has 1 atom stereocenters. The molecule has 56 heavy (non-hydrogen) atoms. The number of nitrogens with zero attached hydrogens (tertiary/aromatic N) is 5. The molecule has 0 radical (unpaired) electrons. The molecule has 0 bridgehead atoms. The molecule has 2 aliphatic rings. The summed E-state index contributed by atoms with van der Waals surface area (Å²) in [5, 5.41) is 2.46. The molecular formula is C49H31N5OS. The van der Waals surface area contributed by atoms with E-state index in [1.54, 1.807) is 0 Å². The molecule has 1 aliphatic heterocycles. The Hall–Kier alpha value is -6.96. The Balaban J connectivity index is 0.976. The lowest BCUT2D eigenvalue weighted by Gasteiger charge is -2.11. The molecule has 0 saturated heterocycles. The van der Waals surface area contributed by atoms with E-state index >= 15 is 0 Å². The Morgan fingerprint density at radius 1 is 0.482 bits per heavy atom. The van der Waals surface area contributed by atoms with E-state index in [9.17, 15) is 0 Å². The monoisotopic (exact) mass is 737 g/mol. The molecule has 11 rings (SSSR count). The zero-order valence-corrected chi connectivity index (χ0v) is 30.8. The Labute approximate surface area is 327 Å². The van der Waals surface area contributed by atoms with Gasteiger partial charge in [0.25, 0.3) is 0 Å². The summed E-state index contributed by atoms with van der Waals surface area (Å²) < 4.78 is 6.70. The van der Waals surface area contributed by atoms with Gasteiger partial charge in [0.1, 0.15) is 11.2 Å². The van der Waals surface area contributed by atoms with Crippen LogP contribution < -0.4 is 0 Å². The van der Waals surface area contributed by atoms with E-state index in [1.807, 2.05) is 84.6 Å². The summed E-state index contributed by atoms with van der Waals surface area (Å²) in [6, 6.07) is 51.6. The normalized spacial score (nSPS) is 14.5. The lowest BCUT2D eigenvalue weighted by atomic mass is 9.99. The molecule has 0 spiro atoms. The van der Waals surface area contributed by atoms with Crippen LogP contribution >= 0.6 is 11.8 Å². The fourth-order valence-electron chi connectivity index (χ4n) is 7.67. The van der Waals surface area contributed by atoms with Crippen molar-refractivity contribution in [2.75, 3.05) is 0 Å². The van der Waals surface area contributed by atoms with E-state index in [0.29, 0.717) is 22.7 Å². The van der Waals surface area contributed by atoms with Gasteiger partial charge in [-0.1, -0.05) is 158 Å². The number of aromatic nitrogens is 5. The van der Waals surface area contributed by atoms with Gasteiger partial charge in [-0.3, -0.25) is 0 Å². The average molecular weight is 738 g/mol. The fourth-order valence-corrected chi connectivity index (χ4v) is 9.03. The van der Waals surface area contributed by atoms with Gasteiger partial charge in [0.05, 0.1) is 16.3 Å². The Kier molecular flexibility index (Phi) is 7.77. The third-order valence-electron chi connectivity index (χ3n) is 10.5. The van der Waals surface area contributed by atoms with Crippen molar-refractivity contribution in [1.29, 1.82) is 0 Å². The first-order valence-electron chi connectivity index (χ1n) is 18.7. The molecule has 3 aromatic heterocycles. The highest BCUT2D eigenvalue weighted by molar-refractivity contribution is 8.01. The number of rotatable bonds is 6. The highest BCUT2D eigenvalue weighted by Gasteiger charge is 2.33. The minimum atomic E-state index is 0.375. The molecule has 0 saturated carbocycles. The minimum absolute atomic E-state index is 0.375. The number of fused-ring (bicyclic) bond motifs is 6. The minimum Gasteiger partial charge on any atom is -0.455 e. The molecule has 0 fully saturated rings. The second-order valence-electron chi connectivity index (χ2n) is 13.9. The van der Waals surface area contributed by atoms with Crippen molar-refractivity contribution in [1.82, 2.24) is 24.9 Å². The van der Waals surface area contributed by atoms with Gasteiger partial charge in [-0.05, 0) is 29.7 Å². The zero-order chi connectivity index (χ0) is 37.0. The molecule has 4 heterocycles. The summed E-state index contributed by atoms with van der Waals surface area (Å²) in [7, 11) is 0. The molecule has 0 N–H and O–H groups in total. The maximum atomic E-state index is 6.70. The molecule has 264 valence electrons. The predicted octanol–water partition coefficient (Wildman–Crippen LogP) is 12.4. The van der Waals surface area contributed by atoms with Crippen LogP contribution in [0.2, 0.25) is 0 Å². The first-order chi connectivity index (χ1) is 27.7. The second kappa shape index (κ2) is 13.4. The van der Waals surface area contributed by atoms with Crippen LogP contribution in [0.5, 0.6) is 0 Å². The van der Waals surface area contributed by atoms with E-state index in [-0.39, 0.29) is 0 Å². The van der Waals surface area contributed by atoms with Gasteiger partial charge in [0, 0.05) is 49.4 Å². The third-order valence-corrected chi connectivity index (χ3v) is 11.8. The summed E-state index contributed by atoms with van der Waals surface area (Å²) in [6.45, 7) is 0. The third kappa shape index (κ3) is 5.63. The summed E-state index contributed by atoms with van der Waals surface area (Å²) in [5.74, 6) is 2.56. The van der Waals surface area contributed by atoms with Crippen LogP contribution in [-0.4, -0.2) is 30.2 Å². The smallest absolute Gasteiger partial charge is 0.164 e. The average Bonchev–Trinajstić information content (AvgIpc) is 3.85. The summed E-state index contributed by atoms with van der Waals surface area (Å²) in [6.07, 6.45) is 7.60. The van der Waals surface area contributed by atoms with Gasteiger partial charge in [-0.25, -0.2) is 24.9 Å². The zero-order valence-electron chi connectivity index (χ0n) is 30.0. The number of thioether (sulfide) groups is 1. The Morgan fingerprint density at radius 3 is 1.75 bits per heavy atom. The van der Waals surface area contributed by atoms with Crippen LogP contribution in [0.1, 0.15) is 12.1 Å². The van der Waals surface area contributed by atoms with Crippen molar-refractivity contribution in [3.63, 3.8) is 0 Å². The molecule has 1 aliphatic carbocycles. The molecule has 1 unspecified atom stereocenters. The van der Waals surface area contributed by atoms with Crippen LogP contribution in [0, 0.1) is 0 Å². The summed E-state index contributed by atoms with van der Waals surface area (Å²) in [5.41, 5.74) is 11.8. The maximum absolute atomic E-state index is 6.70. The first kappa shape index (κ1) is 32.5. The largest absolute Gasteiger partial charge is 0.455 e. The Morgan fingerprint density at radius 2 is 1.05 bits per heavy atom. The highest BCUT2D eigenvalue weighted by Crippen LogP contribution is 2.50. The van der Waals surface area contributed by atoms with Crippen LogP contribution in [0.4, 0.5) is 0 Å². The first-order valence-corrected chi connectivity index (χ1v) is 19.6. The van der Waals surface area contributed by atoms with E-state index in [4.69, 9.17) is 29.3 Å². The van der Waals surface area contributed by atoms with Crippen molar-refractivity contribution in [3.05, 3.63) is 176 Å². The van der Waals surface area contributed by atoms with Crippen LogP contribution in [0.25, 0.3) is 95.4 Å². The van der Waals surface area contributed by atoms with Gasteiger partial charge in [0.2, 0.25) is 0 Å². The number of benzene rings is 6. The van der Waals surface area contributed by atoms with Crippen molar-refractivity contribution in [3.8, 4) is 67.9 Å². The van der Waals surface area contributed by atoms with Gasteiger partial charge >= 0.3 is 0 Å². The van der Waals surface area contributed by atoms with Gasteiger partial charge in [0.15, 0.2) is 23.3 Å². The molecule has 6 nitrogen and oxygen atoms in total. The number of hydrogen-bond donors (Lipinski definition) is 0. The number of para-hydroxylation sites is 1. The maximum Gasteiger partial charge on any atom is 0.164 e. The van der Waals surface area contributed by atoms with Gasteiger partial charge in [-0.15, -0.1) is 11.8 Å². The van der Waals surface area contributed by atoms with E-state index in [1.165, 1.54) is 10.5 Å². The molecule has 6 aromatic carbocycles. The number of hydrogen-bond acceptors (Lipinski definition) is 7. The van der Waals surface area contributed by atoms with Crippen LogP contribution in [-0.2, 0) is 0 Å². The van der Waals surface area contributed by atoms with Gasteiger partial charge < -0.3 is 4.42 Å². The highest BCUT2D eigenvalue weighted by atomic mass is 32.2. The van der Waals surface area contributed by atoms with Crippen LogP contribution in [0.15, 0.2) is 179 Å². The van der Waals surface area contributed by atoms with E-state index < -0.39 is 0 Å². The van der Waals surface area contributed by atoms with Crippen molar-refractivity contribution in [2.24, 2.45) is 0 Å². The van der Waals surface area contributed by atoms with Crippen molar-refractivity contribution in [2.45, 2.75) is 16.6 Å². The van der Waals surface area contributed by atoms with Gasteiger partial charge in [-0.2, -0.15) is 0 Å². The number of furan rings is 1. The quantitative estimate of drug-likeness (QED) is 0.168. The summed E-state index contributed by atoms with van der Waals surface area (Å²) in [4.78, 5) is 26.3. The lowest BCUT2D eigenvalue weighted by molar-refractivity contribution is 0.670. The van der Waals surface area contributed by atoms with E-state index in [0.717, 1.165) is 84.5 Å². The van der Waals surface area contributed by atoms with Crippen molar-refractivity contribution < 1.29 is 4.42 Å². The van der Waals surface area contributed by atoms with Crippen molar-refractivity contribution >= 4 is 39.3 Å². The molecular weight excluding hydrogens is 707 g/mol. The van der Waals surface area contributed by atoms with E-state index in [2.05, 4.69) is 97.1 Å². The molecule has 0 amide bonds. The molecule has 9 aromatic rings.